The lowest BCUT2D eigenvalue weighted by atomic mass is 10.2. The molecule has 0 aromatic heterocycles. The van der Waals surface area contributed by atoms with E-state index in [2.05, 4.69) is 12.2 Å². The Kier molecular flexibility index (Phi) is 8.85. The van der Waals surface area contributed by atoms with Crippen molar-refractivity contribution in [2.45, 2.75) is 26.5 Å². The van der Waals surface area contributed by atoms with E-state index in [0.29, 0.717) is 23.1 Å². The van der Waals surface area contributed by atoms with Gasteiger partial charge in [-0.2, -0.15) is 0 Å². The van der Waals surface area contributed by atoms with Crippen LogP contribution in [0.1, 0.15) is 24.5 Å². The van der Waals surface area contributed by atoms with Crippen LogP contribution in [0.4, 0.5) is 0 Å². The van der Waals surface area contributed by atoms with Crippen LogP contribution < -0.4 is 14.8 Å². The van der Waals surface area contributed by atoms with Crippen LogP contribution in [0.5, 0.6) is 11.5 Å². The van der Waals surface area contributed by atoms with Gasteiger partial charge in [0.1, 0.15) is 6.61 Å². The third kappa shape index (κ3) is 5.94. The molecule has 0 amide bonds. The fourth-order valence-corrected chi connectivity index (χ4v) is 2.44. The van der Waals surface area contributed by atoms with E-state index in [1.807, 2.05) is 42.5 Å². The highest BCUT2D eigenvalue weighted by molar-refractivity contribution is 6.32. The average Bonchev–Trinajstić information content (AvgIpc) is 2.54. The van der Waals surface area contributed by atoms with Crippen molar-refractivity contribution in [2.24, 2.45) is 0 Å². The molecule has 0 saturated heterocycles. The smallest absolute Gasteiger partial charge is 0.180 e. The quantitative estimate of drug-likeness (QED) is 0.686. The number of hydrogen-bond acceptors (Lipinski definition) is 3. The largest absolute Gasteiger partial charge is 0.493 e. The topological polar surface area (TPSA) is 30.5 Å². The lowest BCUT2D eigenvalue weighted by Crippen LogP contribution is -2.14. The number of benzene rings is 2. The Morgan fingerprint density at radius 3 is 2.48 bits per heavy atom. The SMILES string of the molecule is CCCNCc1cc(Cl)c(OCc2ccccc2)c(OC)c1.Cl. The van der Waals surface area contributed by atoms with E-state index in [1.165, 1.54) is 0 Å². The minimum atomic E-state index is 0. The van der Waals surface area contributed by atoms with Gasteiger partial charge < -0.3 is 14.8 Å². The first-order valence-corrected chi connectivity index (χ1v) is 7.86. The number of rotatable bonds is 8. The number of hydrogen-bond donors (Lipinski definition) is 1. The Morgan fingerprint density at radius 2 is 1.83 bits per heavy atom. The van der Waals surface area contributed by atoms with Crippen LogP contribution in [0.3, 0.4) is 0 Å². The van der Waals surface area contributed by atoms with Gasteiger partial charge in [-0.25, -0.2) is 0 Å². The Hall–Kier alpha value is -1.42. The molecule has 2 aromatic rings. The van der Waals surface area contributed by atoms with E-state index in [1.54, 1.807) is 7.11 Å². The highest BCUT2D eigenvalue weighted by Gasteiger charge is 2.12. The van der Waals surface area contributed by atoms with Crippen molar-refractivity contribution in [3.05, 3.63) is 58.6 Å². The van der Waals surface area contributed by atoms with Crippen LogP contribution in [-0.4, -0.2) is 13.7 Å². The summed E-state index contributed by atoms with van der Waals surface area (Å²) in [6.45, 7) is 4.35. The van der Waals surface area contributed by atoms with Crippen LogP contribution in [0, 0.1) is 0 Å². The third-order valence-electron chi connectivity index (χ3n) is 3.27. The van der Waals surface area contributed by atoms with Crippen LogP contribution in [0.15, 0.2) is 42.5 Å². The van der Waals surface area contributed by atoms with E-state index < -0.39 is 0 Å². The molecule has 0 radical (unpaired) electrons. The normalized spacial score (nSPS) is 10.0. The molecule has 0 spiro atoms. The summed E-state index contributed by atoms with van der Waals surface area (Å²) in [6, 6.07) is 13.9. The molecule has 0 heterocycles. The first-order chi connectivity index (χ1) is 10.7. The highest BCUT2D eigenvalue weighted by atomic mass is 35.5. The molecule has 3 nitrogen and oxygen atoms in total. The van der Waals surface area contributed by atoms with Crippen molar-refractivity contribution < 1.29 is 9.47 Å². The second kappa shape index (κ2) is 10.4. The lowest BCUT2D eigenvalue weighted by Gasteiger charge is -2.14. The molecule has 0 aliphatic heterocycles. The number of halogens is 2. The Labute approximate surface area is 149 Å². The third-order valence-corrected chi connectivity index (χ3v) is 3.55. The van der Waals surface area contributed by atoms with E-state index in [-0.39, 0.29) is 12.4 Å². The van der Waals surface area contributed by atoms with Gasteiger partial charge in [-0.1, -0.05) is 48.9 Å². The molecule has 2 aromatic carbocycles. The molecule has 0 unspecified atom stereocenters. The minimum Gasteiger partial charge on any atom is -0.493 e. The highest BCUT2D eigenvalue weighted by Crippen LogP contribution is 2.36. The summed E-state index contributed by atoms with van der Waals surface area (Å²) in [6.07, 6.45) is 1.10. The van der Waals surface area contributed by atoms with Crippen LogP contribution >= 0.6 is 24.0 Å². The number of nitrogens with one attached hydrogen (secondary N) is 1. The monoisotopic (exact) mass is 355 g/mol. The van der Waals surface area contributed by atoms with Crippen molar-refractivity contribution in [1.82, 2.24) is 5.32 Å². The Morgan fingerprint density at radius 1 is 1.09 bits per heavy atom. The predicted molar refractivity (Wildman–Crippen MR) is 98.0 cm³/mol. The molecular formula is C18H23Cl2NO2. The van der Waals surface area contributed by atoms with Crippen molar-refractivity contribution >= 4 is 24.0 Å². The molecule has 0 aliphatic rings. The second-order valence-corrected chi connectivity index (χ2v) is 5.47. The summed E-state index contributed by atoms with van der Waals surface area (Å²) < 4.78 is 11.3. The Bertz CT molecular complexity index is 591. The summed E-state index contributed by atoms with van der Waals surface area (Å²) in [4.78, 5) is 0. The predicted octanol–water partition coefficient (Wildman–Crippen LogP) is 4.85. The molecule has 0 saturated carbocycles. The first-order valence-electron chi connectivity index (χ1n) is 7.48. The van der Waals surface area contributed by atoms with Gasteiger partial charge >= 0.3 is 0 Å². The van der Waals surface area contributed by atoms with Gasteiger partial charge in [0, 0.05) is 6.54 Å². The van der Waals surface area contributed by atoms with Gasteiger partial charge in [0.25, 0.3) is 0 Å². The summed E-state index contributed by atoms with van der Waals surface area (Å²) in [5.41, 5.74) is 2.18. The van der Waals surface area contributed by atoms with Gasteiger partial charge in [0.05, 0.1) is 12.1 Å². The summed E-state index contributed by atoms with van der Waals surface area (Å²) >= 11 is 6.36. The average molecular weight is 356 g/mol. The number of methoxy groups -OCH3 is 1. The molecule has 5 heteroatoms. The maximum Gasteiger partial charge on any atom is 0.180 e. The zero-order valence-electron chi connectivity index (χ0n) is 13.5. The molecule has 0 bridgehead atoms. The summed E-state index contributed by atoms with van der Waals surface area (Å²) in [7, 11) is 1.63. The van der Waals surface area contributed by atoms with E-state index in [0.717, 1.165) is 30.6 Å². The van der Waals surface area contributed by atoms with Gasteiger partial charge in [-0.3, -0.25) is 0 Å². The lowest BCUT2D eigenvalue weighted by molar-refractivity contribution is 0.284. The minimum absolute atomic E-state index is 0. The summed E-state index contributed by atoms with van der Waals surface area (Å²) in [5.74, 6) is 1.25. The molecule has 0 atom stereocenters. The van der Waals surface area contributed by atoms with Crippen molar-refractivity contribution in [3.8, 4) is 11.5 Å². The molecule has 0 fully saturated rings. The van der Waals surface area contributed by atoms with Gasteiger partial charge in [0.15, 0.2) is 11.5 Å². The molecule has 1 N–H and O–H groups in total. The standard InChI is InChI=1S/C18H22ClNO2.ClH/c1-3-9-20-12-15-10-16(19)18(17(11-15)21-2)22-13-14-7-5-4-6-8-14;/h4-8,10-11,20H,3,9,12-13H2,1-2H3;1H. The fraction of sp³-hybridized carbons (Fsp3) is 0.333. The van der Waals surface area contributed by atoms with Crippen molar-refractivity contribution in [1.29, 1.82) is 0 Å². The summed E-state index contributed by atoms with van der Waals surface area (Å²) in [5, 5.41) is 3.92. The van der Waals surface area contributed by atoms with Crippen molar-refractivity contribution in [2.75, 3.05) is 13.7 Å². The van der Waals surface area contributed by atoms with Gasteiger partial charge in [-0.15, -0.1) is 12.4 Å². The molecule has 23 heavy (non-hydrogen) atoms. The maximum atomic E-state index is 6.36. The molecule has 2 rings (SSSR count). The Balaban J connectivity index is 0.00000264. The molecule has 0 aliphatic carbocycles. The number of ether oxygens (including phenoxy) is 2. The second-order valence-electron chi connectivity index (χ2n) is 5.06. The van der Waals surface area contributed by atoms with Crippen LogP contribution in [-0.2, 0) is 13.2 Å². The van der Waals surface area contributed by atoms with Gasteiger partial charge in [0.2, 0.25) is 0 Å². The van der Waals surface area contributed by atoms with E-state index in [9.17, 15) is 0 Å². The fourth-order valence-electron chi connectivity index (χ4n) is 2.15. The van der Waals surface area contributed by atoms with Gasteiger partial charge in [-0.05, 0) is 36.2 Å². The molecule has 126 valence electrons. The van der Waals surface area contributed by atoms with E-state index >= 15 is 0 Å². The zero-order chi connectivity index (χ0) is 15.8. The van der Waals surface area contributed by atoms with E-state index in [4.69, 9.17) is 21.1 Å². The maximum absolute atomic E-state index is 6.36. The van der Waals surface area contributed by atoms with Crippen LogP contribution in [0.2, 0.25) is 5.02 Å². The zero-order valence-corrected chi connectivity index (χ0v) is 15.0. The molecular weight excluding hydrogens is 333 g/mol. The first kappa shape index (κ1) is 19.6. The van der Waals surface area contributed by atoms with Crippen molar-refractivity contribution in [3.63, 3.8) is 0 Å². The van der Waals surface area contributed by atoms with Crippen LogP contribution in [0.25, 0.3) is 0 Å².